The first-order chi connectivity index (χ1) is 14.0. The quantitative estimate of drug-likeness (QED) is 0.207. The first-order valence-corrected chi connectivity index (χ1v) is 9.76. The van der Waals surface area contributed by atoms with Crippen LogP contribution < -0.4 is 0 Å². The van der Waals surface area contributed by atoms with E-state index in [9.17, 15) is 40.8 Å². The van der Waals surface area contributed by atoms with Gasteiger partial charge in [-0.3, -0.25) is 19.2 Å². The van der Waals surface area contributed by atoms with E-state index in [2.05, 4.69) is 8.92 Å². The summed E-state index contributed by atoms with van der Waals surface area (Å²) >= 11 is 0. The summed E-state index contributed by atoms with van der Waals surface area (Å²) in [6, 6.07) is 0. The molecule has 0 aliphatic carbocycles. The summed E-state index contributed by atoms with van der Waals surface area (Å²) < 4.78 is 90.1. The van der Waals surface area contributed by atoms with Crippen LogP contribution >= 0.6 is 0 Å². The number of rotatable bonds is 7. The zero-order valence-corrected chi connectivity index (χ0v) is 17.4. The second kappa shape index (κ2) is 10.2. The smallest absolute Gasteiger partial charge is 0.463 e. The van der Waals surface area contributed by atoms with Gasteiger partial charge in [0.05, 0.1) is 0 Å². The second-order valence-corrected chi connectivity index (χ2v) is 7.63. The van der Waals surface area contributed by atoms with Crippen LogP contribution in [0.3, 0.4) is 0 Å². The number of hydrogen-bond donors (Lipinski definition) is 0. The highest BCUT2D eigenvalue weighted by atomic mass is 32.2. The summed E-state index contributed by atoms with van der Waals surface area (Å²) in [5.74, 6) is -4.16. The summed E-state index contributed by atoms with van der Waals surface area (Å²) in [4.78, 5) is 45.5. The van der Waals surface area contributed by atoms with Gasteiger partial charge in [-0.2, -0.15) is 21.6 Å². The Kier molecular flexibility index (Phi) is 8.77. The molecule has 16 heteroatoms. The van der Waals surface area contributed by atoms with E-state index in [0.29, 0.717) is 0 Å². The third-order valence-electron chi connectivity index (χ3n) is 3.45. The first-order valence-electron chi connectivity index (χ1n) is 8.35. The molecule has 0 saturated carbocycles. The number of ether oxygens (including phenoxy) is 5. The van der Waals surface area contributed by atoms with Crippen molar-refractivity contribution in [2.45, 2.75) is 63.9 Å². The lowest BCUT2D eigenvalue weighted by Crippen LogP contribution is -2.63. The van der Waals surface area contributed by atoms with Crippen LogP contribution in [-0.4, -0.2) is 75.1 Å². The van der Waals surface area contributed by atoms with Gasteiger partial charge in [0.1, 0.15) is 12.7 Å². The average Bonchev–Trinajstić information content (AvgIpc) is 2.56. The van der Waals surface area contributed by atoms with Crippen molar-refractivity contribution in [1.29, 1.82) is 0 Å². The van der Waals surface area contributed by atoms with Crippen molar-refractivity contribution in [2.75, 3.05) is 6.61 Å². The van der Waals surface area contributed by atoms with Crippen LogP contribution in [0.15, 0.2) is 0 Å². The third-order valence-corrected chi connectivity index (χ3v) is 4.49. The van der Waals surface area contributed by atoms with Crippen LogP contribution in [0, 0.1) is 0 Å². The van der Waals surface area contributed by atoms with Crippen molar-refractivity contribution in [3.05, 3.63) is 0 Å². The van der Waals surface area contributed by atoms with Gasteiger partial charge in [0.2, 0.25) is 6.29 Å². The molecule has 0 radical (unpaired) electrons. The highest BCUT2D eigenvalue weighted by Gasteiger charge is 2.58. The summed E-state index contributed by atoms with van der Waals surface area (Å²) in [7, 11) is -6.32. The molecular weight excluding hydrogens is 461 g/mol. The van der Waals surface area contributed by atoms with Crippen LogP contribution in [0.25, 0.3) is 0 Å². The fraction of sp³-hybridized carbons (Fsp3) is 0.733. The molecule has 0 N–H and O–H groups in total. The molecule has 31 heavy (non-hydrogen) atoms. The van der Waals surface area contributed by atoms with Gasteiger partial charge in [-0.15, -0.1) is 0 Å². The van der Waals surface area contributed by atoms with Gasteiger partial charge >= 0.3 is 39.5 Å². The van der Waals surface area contributed by atoms with E-state index in [4.69, 9.17) is 18.9 Å². The number of carbonyl (C=O) groups excluding carboxylic acids is 4. The zero-order valence-electron chi connectivity index (χ0n) is 16.5. The summed E-state index contributed by atoms with van der Waals surface area (Å²) in [5, 5.41) is 0. The highest BCUT2D eigenvalue weighted by molar-refractivity contribution is 7.87. The summed E-state index contributed by atoms with van der Waals surface area (Å²) in [6.45, 7) is 2.82. The Morgan fingerprint density at radius 3 is 1.71 bits per heavy atom. The molecular formula is C15H19F3O12S. The molecule has 1 heterocycles. The maximum atomic E-state index is 12.8. The van der Waals surface area contributed by atoms with Crippen LogP contribution in [0.4, 0.5) is 13.2 Å². The normalized spacial score (nSPS) is 26.5. The second-order valence-electron chi connectivity index (χ2n) is 6.06. The van der Waals surface area contributed by atoms with E-state index in [1.54, 1.807) is 0 Å². The minimum Gasteiger partial charge on any atom is -0.463 e. The number of hydrogen-bond acceptors (Lipinski definition) is 12. The van der Waals surface area contributed by atoms with Crippen molar-refractivity contribution in [2.24, 2.45) is 0 Å². The lowest BCUT2D eigenvalue weighted by molar-refractivity contribution is -0.292. The maximum absolute atomic E-state index is 12.8. The van der Waals surface area contributed by atoms with E-state index < -0.39 is 76.8 Å². The molecule has 0 spiro atoms. The van der Waals surface area contributed by atoms with Crippen molar-refractivity contribution in [3.8, 4) is 0 Å². The number of alkyl halides is 3. The van der Waals surface area contributed by atoms with Crippen LogP contribution in [-0.2, 0) is 57.2 Å². The Balaban J connectivity index is 3.50. The SMILES string of the molecule is CC(=O)OCC1O[C@H](OC(C)=O)C(OS(=O)(=O)C(F)(F)F)[C@@H](OC(C)=O)[C@@H]1OC(C)=O. The van der Waals surface area contributed by atoms with E-state index >= 15 is 0 Å². The molecule has 0 aromatic heterocycles. The van der Waals surface area contributed by atoms with Gasteiger partial charge in [0, 0.05) is 27.7 Å². The monoisotopic (exact) mass is 480 g/mol. The minimum atomic E-state index is -6.32. The maximum Gasteiger partial charge on any atom is 0.523 e. The number of esters is 4. The molecule has 1 fully saturated rings. The number of halogens is 3. The van der Waals surface area contributed by atoms with Gasteiger partial charge in [0.15, 0.2) is 18.3 Å². The molecule has 1 saturated heterocycles. The standard InChI is InChI=1S/C15H19F3O12S/c1-6(19)25-5-10-11(26-7(2)20)12(27-8(3)21)13(14(29-10)28-9(4)22)30-31(23,24)15(16,17)18/h10-14H,5H2,1-4H3/t10?,11-,12+,13?,14+/m1/s1. The van der Waals surface area contributed by atoms with Gasteiger partial charge < -0.3 is 23.7 Å². The van der Waals surface area contributed by atoms with Gasteiger partial charge in [0.25, 0.3) is 0 Å². The molecule has 2 unspecified atom stereocenters. The fourth-order valence-electron chi connectivity index (χ4n) is 2.43. The van der Waals surface area contributed by atoms with Gasteiger partial charge in [-0.05, 0) is 0 Å². The molecule has 0 aromatic carbocycles. The zero-order chi connectivity index (χ0) is 24.1. The Morgan fingerprint density at radius 2 is 1.29 bits per heavy atom. The van der Waals surface area contributed by atoms with Crippen molar-refractivity contribution < 1.29 is 68.6 Å². The number of carbonyl (C=O) groups is 4. The largest absolute Gasteiger partial charge is 0.523 e. The molecule has 1 rings (SSSR count). The fourth-order valence-corrected chi connectivity index (χ4v) is 3.04. The lowest BCUT2D eigenvalue weighted by atomic mass is 9.98. The van der Waals surface area contributed by atoms with Crippen molar-refractivity contribution in [1.82, 2.24) is 0 Å². The molecule has 0 amide bonds. The van der Waals surface area contributed by atoms with E-state index in [-0.39, 0.29) is 0 Å². The molecule has 0 bridgehead atoms. The predicted octanol–water partition coefficient (Wildman–Crippen LogP) is -0.0643. The minimum absolute atomic E-state index is 0.693. The Hall–Kier alpha value is -2.46. The van der Waals surface area contributed by atoms with E-state index in [0.717, 1.165) is 27.7 Å². The van der Waals surface area contributed by atoms with Crippen LogP contribution in [0.5, 0.6) is 0 Å². The van der Waals surface area contributed by atoms with Crippen LogP contribution in [0.2, 0.25) is 0 Å². The van der Waals surface area contributed by atoms with Crippen molar-refractivity contribution in [3.63, 3.8) is 0 Å². The summed E-state index contributed by atoms with van der Waals surface area (Å²) in [5.41, 5.74) is -5.90. The first kappa shape index (κ1) is 26.6. The van der Waals surface area contributed by atoms with E-state index in [1.807, 2.05) is 0 Å². The van der Waals surface area contributed by atoms with Crippen LogP contribution in [0.1, 0.15) is 27.7 Å². The average molecular weight is 480 g/mol. The predicted molar refractivity (Wildman–Crippen MR) is 88.0 cm³/mol. The summed E-state index contributed by atoms with van der Waals surface area (Å²) in [6.07, 6.45) is -10.0. The molecule has 178 valence electrons. The topological polar surface area (TPSA) is 158 Å². The molecule has 1 aliphatic heterocycles. The van der Waals surface area contributed by atoms with Gasteiger partial charge in [-0.1, -0.05) is 0 Å². The molecule has 5 atom stereocenters. The Morgan fingerprint density at radius 1 is 0.806 bits per heavy atom. The molecule has 12 nitrogen and oxygen atoms in total. The lowest BCUT2D eigenvalue weighted by Gasteiger charge is -2.43. The Labute approximate surface area is 174 Å². The third kappa shape index (κ3) is 7.62. The Bertz CT molecular complexity index is 809. The van der Waals surface area contributed by atoms with E-state index in [1.165, 1.54) is 0 Å². The molecule has 1 aliphatic rings. The highest BCUT2D eigenvalue weighted by Crippen LogP contribution is 2.34. The van der Waals surface area contributed by atoms with Gasteiger partial charge in [-0.25, -0.2) is 4.18 Å². The van der Waals surface area contributed by atoms with Crippen molar-refractivity contribution >= 4 is 34.0 Å². The molecule has 0 aromatic rings.